The summed E-state index contributed by atoms with van der Waals surface area (Å²) in [6, 6.07) is 0.207. The second-order valence-electron chi connectivity index (χ2n) is 5.71. The van der Waals surface area contributed by atoms with Gasteiger partial charge in [0, 0.05) is 25.2 Å². The number of piperidine rings is 1. The molecule has 20 heavy (non-hydrogen) atoms. The summed E-state index contributed by atoms with van der Waals surface area (Å²) in [5.41, 5.74) is 1.84. The molecule has 2 heterocycles. The number of nitrogens with zero attached hydrogens (tertiary/aromatic N) is 3. The van der Waals surface area contributed by atoms with Crippen LogP contribution in [0.4, 0.5) is 4.79 Å². The van der Waals surface area contributed by atoms with Crippen molar-refractivity contribution in [3.05, 3.63) is 17.0 Å². The van der Waals surface area contributed by atoms with E-state index in [0.717, 1.165) is 42.9 Å². The van der Waals surface area contributed by atoms with Gasteiger partial charge < -0.3 is 19.6 Å². The van der Waals surface area contributed by atoms with Gasteiger partial charge in [-0.2, -0.15) is 0 Å². The molecule has 112 valence electrons. The zero-order valence-electron chi connectivity index (χ0n) is 12.8. The molecule has 1 aromatic rings. The van der Waals surface area contributed by atoms with Crippen molar-refractivity contribution in [1.82, 2.24) is 20.3 Å². The maximum absolute atomic E-state index is 12.2. The summed E-state index contributed by atoms with van der Waals surface area (Å²) in [7, 11) is 3.89. The van der Waals surface area contributed by atoms with Crippen LogP contribution in [0.5, 0.6) is 0 Å². The van der Waals surface area contributed by atoms with E-state index >= 15 is 0 Å². The number of nitrogens with one attached hydrogen (secondary N) is 1. The number of aromatic nitrogens is 1. The Hall–Kier alpha value is -1.56. The lowest BCUT2D eigenvalue weighted by Crippen LogP contribution is -2.49. The monoisotopic (exact) mass is 280 g/mol. The van der Waals surface area contributed by atoms with E-state index in [9.17, 15) is 4.79 Å². The number of carbonyl (C=O) groups excluding carboxylic acids is 1. The van der Waals surface area contributed by atoms with Crippen LogP contribution >= 0.6 is 0 Å². The fourth-order valence-electron chi connectivity index (χ4n) is 2.61. The summed E-state index contributed by atoms with van der Waals surface area (Å²) in [5, 5.41) is 7.01. The van der Waals surface area contributed by atoms with Crippen molar-refractivity contribution in [1.29, 1.82) is 0 Å². The highest BCUT2D eigenvalue weighted by Gasteiger charge is 2.21. The number of likely N-dealkylation sites (N-methyl/N-ethyl adjacent to an activating group) is 1. The Bertz CT molecular complexity index is 452. The first-order valence-electron chi connectivity index (χ1n) is 7.09. The van der Waals surface area contributed by atoms with Gasteiger partial charge in [0.1, 0.15) is 5.76 Å². The highest BCUT2D eigenvalue weighted by Crippen LogP contribution is 2.14. The fraction of sp³-hybridized carbons (Fsp3) is 0.714. The standard InChI is InChI=1S/C14H24N4O2/c1-10-13(11(2)20-16-10)9-18(4)14(19)15-12-6-5-7-17(3)8-12/h12H,5-9H2,1-4H3,(H,15,19). The van der Waals surface area contributed by atoms with Crippen LogP contribution in [0.15, 0.2) is 4.52 Å². The lowest BCUT2D eigenvalue weighted by molar-refractivity contribution is 0.184. The number of carbonyl (C=O) groups is 1. The Morgan fingerprint density at radius 3 is 2.90 bits per heavy atom. The second kappa shape index (κ2) is 6.26. The SMILES string of the molecule is Cc1noc(C)c1CN(C)C(=O)NC1CCCN(C)C1. The molecule has 1 saturated heterocycles. The minimum absolute atomic E-state index is 0.0368. The summed E-state index contributed by atoms with van der Waals surface area (Å²) in [6.45, 7) is 6.33. The largest absolute Gasteiger partial charge is 0.361 e. The van der Waals surface area contributed by atoms with Crippen LogP contribution in [0.2, 0.25) is 0 Å². The van der Waals surface area contributed by atoms with Crippen LogP contribution in [-0.4, -0.2) is 54.2 Å². The molecule has 0 radical (unpaired) electrons. The molecule has 1 unspecified atom stereocenters. The molecule has 0 bridgehead atoms. The molecule has 1 fully saturated rings. The molecule has 0 spiro atoms. The normalized spacial score (nSPS) is 19.9. The number of hydrogen-bond acceptors (Lipinski definition) is 4. The minimum Gasteiger partial charge on any atom is -0.361 e. The first-order valence-corrected chi connectivity index (χ1v) is 7.09. The third-order valence-electron chi connectivity index (χ3n) is 3.88. The summed E-state index contributed by atoms with van der Waals surface area (Å²) in [5.74, 6) is 0.777. The summed E-state index contributed by atoms with van der Waals surface area (Å²) < 4.78 is 5.12. The Kier molecular flexibility index (Phi) is 4.65. The van der Waals surface area contributed by atoms with Crippen LogP contribution in [0.1, 0.15) is 29.9 Å². The second-order valence-corrected chi connectivity index (χ2v) is 5.71. The van der Waals surface area contributed by atoms with E-state index in [1.165, 1.54) is 0 Å². The number of urea groups is 1. The molecule has 0 aliphatic carbocycles. The van der Waals surface area contributed by atoms with E-state index in [-0.39, 0.29) is 12.1 Å². The third-order valence-corrected chi connectivity index (χ3v) is 3.88. The molecule has 1 atom stereocenters. The average Bonchev–Trinajstić information content (AvgIpc) is 2.70. The third kappa shape index (κ3) is 3.50. The van der Waals surface area contributed by atoms with Crippen LogP contribution in [0, 0.1) is 13.8 Å². The molecule has 6 heteroatoms. The van der Waals surface area contributed by atoms with E-state index in [2.05, 4.69) is 22.4 Å². The lowest BCUT2D eigenvalue weighted by atomic mass is 10.1. The number of likely N-dealkylation sites (tertiary alicyclic amines) is 1. The van der Waals surface area contributed by atoms with E-state index in [0.29, 0.717) is 6.54 Å². The molecular formula is C14H24N4O2. The van der Waals surface area contributed by atoms with Crippen molar-refractivity contribution in [2.45, 2.75) is 39.3 Å². The van der Waals surface area contributed by atoms with Gasteiger partial charge in [-0.25, -0.2) is 4.79 Å². The molecule has 1 aliphatic rings. The first kappa shape index (κ1) is 14.8. The Morgan fingerprint density at radius 1 is 1.55 bits per heavy atom. The van der Waals surface area contributed by atoms with E-state index in [4.69, 9.17) is 4.52 Å². The van der Waals surface area contributed by atoms with E-state index in [1.807, 2.05) is 13.8 Å². The molecule has 2 amide bonds. The molecule has 2 rings (SSSR count). The van der Waals surface area contributed by atoms with Crippen LogP contribution in [0.3, 0.4) is 0 Å². The molecule has 6 nitrogen and oxygen atoms in total. The maximum atomic E-state index is 12.2. The van der Waals surface area contributed by atoms with Gasteiger partial charge in [-0.1, -0.05) is 5.16 Å². The molecule has 1 aromatic heterocycles. The van der Waals surface area contributed by atoms with Gasteiger partial charge in [0.15, 0.2) is 0 Å². The van der Waals surface area contributed by atoms with Crippen LogP contribution in [-0.2, 0) is 6.54 Å². The first-order chi connectivity index (χ1) is 9.47. The molecule has 0 aromatic carbocycles. The summed E-state index contributed by atoms with van der Waals surface area (Å²) in [6.07, 6.45) is 2.18. The quantitative estimate of drug-likeness (QED) is 0.912. The molecular weight excluding hydrogens is 256 g/mol. The van der Waals surface area contributed by atoms with Crippen molar-refractivity contribution in [3.63, 3.8) is 0 Å². The van der Waals surface area contributed by atoms with Crippen molar-refractivity contribution in [2.24, 2.45) is 0 Å². The van der Waals surface area contributed by atoms with E-state index in [1.54, 1.807) is 11.9 Å². The highest BCUT2D eigenvalue weighted by molar-refractivity contribution is 5.74. The zero-order valence-corrected chi connectivity index (χ0v) is 12.8. The van der Waals surface area contributed by atoms with Gasteiger partial charge in [0.2, 0.25) is 0 Å². The van der Waals surface area contributed by atoms with Crippen molar-refractivity contribution in [2.75, 3.05) is 27.2 Å². The van der Waals surface area contributed by atoms with Crippen LogP contribution in [0.25, 0.3) is 0 Å². The fourth-order valence-corrected chi connectivity index (χ4v) is 2.61. The number of rotatable bonds is 3. The Balaban J connectivity index is 1.89. The maximum Gasteiger partial charge on any atom is 0.317 e. The number of aryl methyl sites for hydroxylation is 2. The van der Waals surface area contributed by atoms with Crippen molar-refractivity contribution in [3.8, 4) is 0 Å². The highest BCUT2D eigenvalue weighted by atomic mass is 16.5. The number of hydrogen-bond donors (Lipinski definition) is 1. The topological polar surface area (TPSA) is 61.6 Å². The summed E-state index contributed by atoms with van der Waals surface area (Å²) in [4.78, 5) is 16.1. The summed E-state index contributed by atoms with van der Waals surface area (Å²) >= 11 is 0. The molecule has 0 saturated carbocycles. The van der Waals surface area contributed by atoms with Crippen molar-refractivity contribution < 1.29 is 9.32 Å². The van der Waals surface area contributed by atoms with Gasteiger partial charge in [-0.3, -0.25) is 0 Å². The van der Waals surface area contributed by atoms with Gasteiger partial charge in [-0.15, -0.1) is 0 Å². The number of amides is 2. The molecule has 1 aliphatic heterocycles. The average molecular weight is 280 g/mol. The predicted molar refractivity (Wildman–Crippen MR) is 76.5 cm³/mol. The van der Waals surface area contributed by atoms with E-state index < -0.39 is 0 Å². The zero-order chi connectivity index (χ0) is 14.7. The Morgan fingerprint density at radius 2 is 2.30 bits per heavy atom. The van der Waals surface area contributed by atoms with Gasteiger partial charge in [0.05, 0.1) is 12.2 Å². The predicted octanol–water partition coefficient (Wildman–Crippen LogP) is 1.53. The smallest absolute Gasteiger partial charge is 0.317 e. The lowest BCUT2D eigenvalue weighted by Gasteiger charge is -2.31. The van der Waals surface area contributed by atoms with Crippen molar-refractivity contribution >= 4 is 6.03 Å². The van der Waals surface area contributed by atoms with Gasteiger partial charge in [0.25, 0.3) is 0 Å². The van der Waals surface area contributed by atoms with Gasteiger partial charge in [-0.05, 0) is 40.3 Å². The molecule has 1 N–H and O–H groups in total. The minimum atomic E-state index is -0.0368. The Labute approximate surface area is 120 Å². The van der Waals surface area contributed by atoms with Gasteiger partial charge >= 0.3 is 6.03 Å². The van der Waals surface area contributed by atoms with Crippen LogP contribution < -0.4 is 5.32 Å².